The third-order valence-corrected chi connectivity index (χ3v) is 10.3. The van der Waals surface area contributed by atoms with Crippen LogP contribution in [0.1, 0.15) is 22.3 Å². The van der Waals surface area contributed by atoms with Gasteiger partial charge in [0.05, 0.1) is 12.4 Å². The molecule has 6 aromatic rings. The van der Waals surface area contributed by atoms with Crippen LogP contribution < -0.4 is 19.2 Å². The molecule has 2 amide bonds. The van der Waals surface area contributed by atoms with Crippen molar-refractivity contribution >= 4 is 66.0 Å². The molecule has 0 aliphatic rings. The normalized spacial score (nSPS) is 12.0. The van der Waals surface area contributed by atoms with E-state index in [1.807, 2.05) is 13.8 Å². The van der Waals surface area contributed by atoms with E-state index < -0.39 is 32.1 Å². The van der Waals surface area contributed by atoms with Gasteiger partial charge in [0.2, 0.25) is 0 Å². The first-order chi connectivity index (χ1) is 24.9. The van der Waals surface area contributed by atoms with E-state index in [1.54, 1.807) is 84.9 Å². The number of hydrogen-bond donors (Lipinski definition) is 2. The van der Waals surface area contributed by atoms with Gasteiger partial charge in [0, 0.05) is 11.1 Å². The Kier molecular flexibility index (Phi) is 10.1. The number of fused-ring (bicyclic) bond motifs is 2. The number of carbonyl (C=O) groups is 2. The molecule has 0 bridgehead atoms. The fourth-order valence-corrected chi connectivity index (χ4v) is 7.01. The van der Waals surface area contributed by atoms with Crippen LogP contribution in [-0.4, -0.2) is 41.1 Å². The Balaban J connectivity index is 1.19. The molecule has 0 aliphatic heterocycles. The van der Waals surface area contributed by atoms with Gasteiger partial charge in [-0.05, 0) is 71.8 Å². The first-order valence-electron chi connectivity index (χ1n) is 15.6. The number of nitrogens with zero attached hydrogens (tertiary/aromatic N) is 2. The number of aryl methyl sites for hydroxylation is 2. The molecule has 0 saturated carbocycles. The fraction of sp³-hybridized carbons (Fsp3) is 0.0526. The van der Waals surface area contributed by atoms with Crippen LogP contribution >= 0.6 is 0 Å². The molecule has 0 heterocycles. The number of hydrazone groups is 2. The van der Waals surface area contributed by atoms with Crippen LogP contribution in [0.15, 0.2) is 141 Å². The first-order valence-corrected chi connectivity index (χ1v) is 18.5. The van der Waals surface area contributed by atoms with Crippen molar-refractivity contribution < 1.29 is 34.8 Å². The third kappa shape index (κ3) is 7.98. The quantitative estimate of drug-likeness (QED) is 0.0777. The summed E-state index contributed by atoms with van der Waals surface area (Å²) >= 11 is 0. The zero-order valence-corrected chi connectivity index (χ0v) is 29.3. The Bertz CT molecular complexity index is 2420. The zero-order chi connectivity index (χ0) is 36.9. The van der Waals surface area contributed by atoms with Crippen molar-refractivity contribution in [2.45, 2.75) is 23.6 Å². The van der Waals surface area contributed by atoms with Gasteiger partial charge in [-0.15, -0.1) is 0 Å². The number of amides is 2. The Morgan fingerprint density at radius 1 is 0.519 bits per heavy atom. The Labute approximate surface area is 299 Å². The van der Waals surface area contributed by atoms with Gasteiger partial charge in [0.15, 0.2) is 11.5 Å². The van der Waals surface area contributed by atoms with E-state index in [9.17, 15) is 26.4 Å². The molecule has 0 spiro atoms. The van der Waals surface area contributed by atoms with E-state index in [0.29, 0.717) is 10.8 Å². The van der Waals surface area contributed by atoms with Gasteiger partial charge in [-0.1, -0.05) is 96.1 Å². The molecule has 0 fully saturated rings. The molecule has 12 nitrogen and oxygen atoms in total. The number of benzene rings is 6. The highest BCUT2D eigenvalue weighted by atomic mass is 32.2. The van der Waals surface area contributed by atoms with Gasteiger partial charge in [0.1, 0.15) is 9.79 Å². The lowest BCUT2D eigenvalue weighted by atomic mass is 10.0. The number of nitrogens with one attached hydrogen (secondary N) is 2. The van der Waals surface area contributed by atoms with E-state index in [1.165, 1.54) is 48.8 Å². The summed E-state index contributed by atoms with van der Waals surface area (Å²) in [5, 5.41) is 10.4. The topological polar surface area (TPSA) is 170 Å². The lowest BCUT2D eigenvalue weighted by Crippen LogP contribution is -2.35. The standard InChI is InChI=1S/C38H30N4O8S2/c1-25-11-17-29(18-12-25)51(45,46)49-35-21-15-27-7-3-5-9-31(27)33(35)23-39-41-37(43)38(44)42-40-24-34-32-10-6-4-8-28(32)16-22-36(34)50-52(47,48)30-19-13-26(2)14-20-30/h3-24H,1-2H3,(H,41,43)(H,42,44). The van der Waals surface area contributed by atoms with Crippen molar-refractivity contribution in [1.29, 1.82) is 0 Å². The van der Waals surface area contributed by atoms with Crippen molar-refractivity contribution in [3.05, 3.63) is 144 Å². The van der Waals surface area contributed by atoms with Crippen LogP contribution in [0.5, 0.6) is 11.5 Å². The highest BCUT2D eigenvalue weighted by Crippen LogP contribution is 2.31. The zero-order valence-electron chi connectivity index (χ0n) is 27.7. The average molecular weight is 735 g/mol. The van der Waals surface area contributed by atoms with E-state index in [4.69, 9.17) is 8.37 Å². The van der Waals surface area contributed by atoms with E-state index in [0.717, 1.165) is 21.9 Å². The number of carbonyl (C=O) groups excluding carboxylic acids is 2. The largest absolute Gasteiger partial charge is 0.378 e. The fourth-order valence-electron chi connectivity index (χ4n) is 5.12. The first kappa shape index (κ1) is 35.4. The molecule has 14 heteroatoms. The van der Waals surface area contributed by atoms with Crippen LogP contribution in [0.2, 0.25) is 0 Å². The van der Waals surface area contributed by atoms with Gasteiger partial charge in [-0.3, -0.25) is 9.59 Å². The van der Waals surface area contributed by atoms with Gasteiger partial charge < -0.3 is 8.37 Å². The molecule has 0 atom stereocenters. The maximum Gasteiger partial charge on any atom is 0.339 e. The molecule has 262 valence electrons. The van der Waals surface area contributed by atoms with Crippen molar-refractivity contribution in [1.82, 2.24) is 10.9 Å². The molecule has 6 rings (SSSR count). The maximum atomic E-state index is 13.1. The molecular weight excluding hydrogens is 705 g/mol. The molecule has 0 aliphatic carbocycles. The summed E-state index contributed by atoms with van der Waals surface area (Å²) in [6.45, 7) is 3.66. The summed E-state index contributed by atoms with van der Waals surface area (Å²) in [6, 6.07) is 32.8. The van der Waals surface area contributed by atoms with E-state index in [2.05, 4.69) is 21.1 Å². The second kappa shape index (κ2) is 14.8. The predicted octanol–water partition coefficient (Wildman–Crippen LogP) is 5.75. The van der Waals surface area contributed by atoms with Crippen LogP contribution in [0.4, 0.5) is 0 Å². The Morgan fingerprint density at radius 2 is 0.885 bits per heavy atom. The molecule has 0 saturated heterocycles. The smallest absolute Gasteiger partial charge is 0.339 e. The lowest BCUT2D eigenvalue weighted by molar-refractivity contribution is -0.139. The molecule has 52 heavy (non-hydrogen) atoms. The molecule has 0 radical (unpaired) electrons. The van der Waals surface area contributed by atoms with Crippen molar-refractivity contribution in [3.63, 3.8) is 0 Å². The van der Waals surface area contributed by atoms with Gasteiger partial charge >= 0.3 is 32.1 Å². The van der Waals surface area contributed by atoms with Gasteiger partial charge in [0.25, 0.3) is 0 Å². The summed E-state index contributed by atoms with van der Waals surface area (Å²) in [6.07, 6.45) is 2.34. The molecule has 0 aromatic heterocycles. The van der Waals surface area contributed by atoms with Gasteiger partial charge in [-0.2, -0.15) is 27.0 Å². The van der Waals surface area contributed by atoms with Crippen molar-refractivity contribution in [2.24, 2.45) is 10.2 Å². The molecule has 0 unspecified atom stereocenters. The number of rotatable bonds is 10. The van der Waals surface area contributed by atoms with Crippen LogP contribution in [0.3, 0.4) is 0 Å². The second-order valence-electron chi connectivity index (χ2n) is 11.5. The monoisotopic (exact) mass is 734 g/mol. The minimum atomic E-state index is -4.22. The highest BCUT2D eigenvalue weighted by Gasteiger charge is 2.21. The summed E-state index contributed by atoms with van der Waals surface area (Å²) in [5.74, 6) is -2.49. The van der Waals surface area contributed by atoms with Crippen LogP contribution in [0.25, 0.3) is 21.5 Å². The predicted molar refractivity (Wildman–Crippen MR) is 197 cm³/mol. The Morgan fingerprint density at radius 3 is 1.27 bits per heavy atom. The van der Waals surface area contributed by atoms with E-state index in [-0.39, 0.29) is 32.4 Å². The third-order valence-electron chi connectivity index (χ3n) is 7.81. The Hall–Kier alpha value is -6.38. The summed E-state index contributed by atoms with van der Waals surface area (Å²) in [7, 11) is -8.45. The van der Waals surface area contributed by atoms with Crippen molar-refractivity contribution in [2.75, 3.05) is 0 Å². The minimum Gasteiger partial charge on any atom is -0.378 e. The minimum absolute atomic E-state index is 0.0465. The lowest BCUT2D eigenvalue weighted by Gasteiger charge is -2.12. The molecule has 2 N–H and O–H groups in total. The SMILES string of the molecule is Cc1ccc(S(=O)(=O)Oc2ccc3ccccc3c2C=NNC(=O)C(=O)NN=Cc2c(OS(=O)(=O)c3ccc(C)cc3)ccc3ccccc23)cc1. The van der Waals surface area contributed by atoms with Crippen molar-refractivity contribution in [3.8, 4) is 11.5 Å². The average Bonchev–Trinajstić information content (AvgIpc) is 3.13. The molecular formula is C38H30N4O8S2. The maximum absolute atomic E-state index is 13.1. The summed E-state index contributed by atoms with van der Waals surface area (Å²) in [5.41, 5.74) is 6.42. The summed E-state index contributed by atoms with van der Waals surface area (Å²) < 4.78 is 63.3. The number of hydrogen-bond acceptors (Lipinski definition) is 10. The highest BCUT2D eigenvalue weighted by molar-refractivity contribution is 7.87. The summed E-state index contributed by atoms with van der Waals surface area (Å²) in [4.78, 5) is 25.2. The van der Waals surface area contributed by atoms with E-state index >= 15 is 0 Å². The molecule has 6 aromatic carbocycles. The van der Waals surface area contributed by atoms with Crippen LogP contribution in [-0.2, 0) is 29.8 Å². The van der Waals surface area contributed by atoms with Gasteiger partial charge in [-0.25, -0.2) is 10.9 Å². The van der Waals surface area contributed by atoms with Crippen LogP contribution in [0, 0.1) is 13.8 Å². The second-order valence-corrected chi connectivity index (χ2v) is 14.6.